The Hall–Kier alpha value is -1.53. The zero-order chi connectivity index (χ0) is 15.1. The van der Waals surface area contributed by atoms with Crippen molar-refractivity contribution < 1.29 is 19.4 Å². The Morgan fingerprint density at radius 3 is 2.35 bits per heavy atom. The van der Waals surface area contributed by atoms with Gasteiger partial charge in [-0.1, -0.05) is 12.1 Å². The lowest BCUT2D eigenvalue weighted by atomic mass is 10.0. The van der Waals surface area contributed by atoms with Crippen molar-refractivity contribution in [3.8, 4) is 0 Å². The van der Waals surface area contributed by atoms with Crippen molar-refractivity contribution in [2.24, 2.45) is 0 Å². The van der Waals surface area contributed by atoms with Crippen molar-refractivity contribution in [1.82, 2.24) is 5.32 Å². The van der Waals surface area contributed by atoms with Gasteiger partial charge in [0.25, 0.3) is 0 Å². The van der Waals surface area contributed by atoms with Gasteiger partial charge < -0.3 is 15.2 Å². The van der Waals surface area contributed by atoms with Gasteiger partial charge >= 0.3 is 5.97 Å². The average molecular weight is 297 g/mol. The van der Waals surface area contributed by atoms with Gasteiger partial charge in [-0.25, -0.2) is 0 Å². The molecule has 0 saturated heterocycles. The molecule has 0 bridgehead atoms. The van der Waals surface area contributed by atoms with Crippen molar-refractivity contribution in [1.29, 1.82) is 0 Å². The SMILES string of the molecule is CSc1ccc(C(O)C(COC(C)=O)NC(C)=O)cc1. The number of ether oxygens (including phenoxy) is 1. The summed E-state index contributed by atoms with van der Waals surface area (Å²) >= 11 is 1.60. The van der Waals surface area contributed by atoms with Crippen LogP contribution in [0.5, 0.6) is 0 Å². The Balaban J connectivity index is 2.81. The normalized spacial score (nSPS) is 13.4. The Kier molecular flexibility index (Phi) is 6.54. The van der Waals surface area contributed by atoms with E-state index in [0.717, 1.165) is 4.90 Å². The molecule has 1 aromatic carbocycles. The molecule has 2 N–H and O–H groups in total. The molecule has 0 saturated carbocycles. The number of carbonyl (C=O) groups is 2. The molecular weight excluding hydrogens is 278 g/mol. The lowest BCUT2D eigenvalue weighted by Gasteiger charge is -2.23. The number of amides is 1. The van der Waals surface area contributed by atoms with E-state index >= 15 is 0 Å². The summed E-state index contributed by atoms with van der Waals surface area (Å²) < 4.78 is 4.87. The van der Waals surface area contributed by atoms with Gasteiger partial charge in [0.2, 0.25) is 5.91 Å². The number of aliphatic hydroxyl groups is 1. The zero-order valence-corrected chi connectivity index (χ0v) is 12.6. The molecule has 2 atom stereocenters. The molecule has 0 radical (unpaired) electrons. The van der Waals surface area contributed by atoms with Crippen LogP contribution in [0.3, 0.4) is 0 Å². The standard InChI is InChI=1S/C14H19NO4S/c1-9(16)15-13(8-19-10(2)17)14(18)11-4-6-12(20-3)7-5-11/h4-7,13-14,18H,8H2,1-3H3,(H,15,16). The summed E-state index contributed by atoms with van der Waals surface area (Å²) in [7, 11) is 0. The highest BCUT2D eigenvalue weighted by atomic mass is 32.2. The zero-order valence-electron chi connectivity index (χ0n) is 11.8. The summed E-state index contributed by atoms with van der Waals surface area (Å²) in [6, 6.07) is 6.69. The van der Waals surface area contributed by atoms with Crippen LogP contribution in [0.25, 0.3) is 0 Å². The van der Waals surface area contributed by atoms with E-state index < -0.39 is 18.1 Å². The second-order valence-corrected chi connectivity index (χ2v) is 5.21. The maximum absolute atomic E-state index is 11.2. The highest BCUT2D eigenvalue weighted by Crippen LogP contribution is 2.21. The topological polar surface area (TPSA) is 75.6 Å². The molecule has 0 aliphatic rings. The third-order valence-corrected chi connectivity index (χ3v) is 3.44. The van der Waals surface area contributed by atoms with E-state index in [1.807, 2.05) is 18.4 Å². The van der Waals surface area contributed by atoms with E-state index in [-0.39, 0.29) is 12.5 Å². The summed E-state index contributed by atoms with van der Waals surface area (Å²) in [6.07, 6.45) is 1.03. The van der Waals surface area contributed by atoms with E-state index in [0.29, 0.717) is 5.56 Å². The van der Waals surface area contributed by atoms with Gasteiger partial charge in [-0.05, 0) is 24.0 Å². The Morgan fingerprint density at radius 1 is 1.30 bits per heavy atom. The van der Waals surface area contributed by atoms with Gasteiger partial charge in [-0.3, -0.25) is 9.59 Å². The maximum atomic E-state index is 11.2. The maximum Gasteiger partial charge on any atom is 0.302 e. The van der Waals surface area contributed by atoms with Crippen LogP contribution in [-0.4, -0.2) is 35.9 Å². The minimum Gasteiger partial charge on any atom is -0.464 e. The fourth-order valence-corrected chi connectivity index (χ4v) is 2.12. The molecular formula is C14H19NO4S. The molecule has 0 aliphatic heterocycles. The predicted octanol–water partition coefficient (Wildman–Crippen LogP) is 1.51. The summed E-state index contributed by atoms with van der Waals surface area (Å²) in [4.78, 5) is 23.1. The molecule has 0 fully saturated rings. The van der Waals surface area contributed by atoms with E-state index in [4.69, 9.17) is 4.74 Å². The number of hydrogen-bond donors (Lipinski definition) is 2. The van der Waals surface area contributed by atoms with Crippen molar-refractivity contribution in [3.63, 3.8) is 0 Å². The van der Waals surface area contributed by atoms with Crippen LogP contribution in [0.1, 0.15) is 25.5 Å². The van der Waals surface area contributed by atoms with Crippen LogP contribution in [0.2, 0.25) is 0 Å². The second kappa shape index (κ2) is 7.91. The molecule has 0 spiro atoms. The van der Waals surface area contributed by atoms with Crippen LogP contribution in [-0.2, 0) is 14.3 Å². The lowest BCUT2D eigenvalue weighted by Crippen LogP contribution is -2.41. The Morgan fingerprint density at radius 2 is 1.90 bits per heavy atom. The smallest absolute Gasteiger partial charge is 0.302 e. The van der Waals surface area contributed by atoms with E-state index in [9.17, 15) is 14.7 Å². The van der Waals surface area contributed by atoms with Gasteiger partial charge in [0.15, 0.2) is 0 Å². The molecule has 110 valence electrons. The van der Waals surface area contributed by atoms with Crippen molar-refractivity contribution in [3.05, 3.63) is 29.8 Å². The number of nitrogens with one attached hydrogen (secondary N) is 1. The molecule has 1 rings (SSSR count). The molecule has 5 nitrogen and oxygen atoms in total. The number of benzene rings is 1. The lowest BCUT2D eigenvalue weighted by molar-refractivity contribution is -0.143. The highest BCUT2D eigenvalue weighted by Gasteiger charge is 2.23. The van der Waals surface area contributed by atoms with Crippen LogP contribution in [0, 0.1) is 0 Å². The molecule has 20 heavy (non-hydrogen) atoms. The molecule has 2 unspecified atom stereocenters. The van der Waals surface area contributed by atoms with E-state index in [2.05, 4.69) is 5.32 Å². The van der Waals surface area contributed by atoms with E-state index in [1.54, 1.807) is 23.9 Å². The van der Waals surface area contributed by atoms with Crippen molar-refractivity contribution in [2.45, 2.75) is 30.9 Å². The molecule has 0 aliphatic carbocycles. The monoisotopic (exact) mass is 297 g/mol. The number of carbonyl (C=O) groups excluding carboxylic acids is 2. The molecule has 6 heteroatoms. The second-order valence-electron chi connectivity index (χ2n) is 4.33. The molecule has 1 amide bonds. The minimum atomic E-state index is -0.936. The first kappa shape index (κ1) is 16.5. The summed E-state index contributed by atoms with van der Waals surface area (Å²) in [5.41, 5.74) is 0.661. The molecule has 1 aromatic rings. The van der Waals surface area contributed by atoms with E-state index in [1.165, 1.54) is 13.8 Å². The largest absolute Gasteiger partial charge is 0.464 e. The first-order chi connectivity index (χ1) is 9.43. The number of thioether (sulfide) groups is 1. The van der Waals surface area contributed by atoms with Gasteiger partial charge in [0, 0.05) is 18.7 Å². The van der Waals surface area contributed by atoms with Crippen LogP contribution >= 0.6 is 11.8 Å². The fourth-order valence-electron chi connectivity index (χ4n) is 1.71. The fraction of sp³-hybridized carbons (Fsp3) is 0.429. The summed E-state index contributed by atoms with van der Waals surface area (Å²) in [5.74, 6) is -0.743. The van der Waals surface area contributed by atoms with Crippen molar-refractivity contribution >= 4 is 23.6 Å². The van der Waals surface area contributed by atoms with Gasteiger partial charge in [-0.2, -0.15) is 0 Å². The number of hydrogen-bond acceptors (Lipinski definition) is 5. The summed E-state index contributed by atoms with van der Waals surface area (Å²) in [6.45, 7) is 2.56. The highest BCUT2D eigenvalue weighted by molar-refractivity contribution is 7.98. The Bertz CT molecular complexity index is 461. The average Bonchev–Trinajstić information content (AvgIpc) is 2.42. The third-order valence-electron chi connectivity index (χ3n) is 2.69. The Labute approximate surface area is 122 Å². The predicted molar refractivity (Wildman–Crippen MR) is 77.4 cm³/mol. The van der Waals surface area contributed by atoms with Gasteiger partial charge in [-0.15, -0.1) is 11.8 Å². The molecule has 0 heterocycles. The quantitative estimate of drug-likeness (QED) is 0.615. The number of aliphatic hydroxyl groups excluding tert-OH is 1. The van der Waals surface area contributed by atoms with Crippen LogP contribution in [0.4, 0.5) is 0 Å². The number of rotatable bonds is 6. The van der Waals surface area contributed by atoms with Gasteiger partial charge in [0.05, 0.1) is 6.04 Å². The van der Waals surface area contributed by atoms with Crippen LogP contribution in [0.15, 0.2) is 29.2 Å². The van der Waals surface area contributed by atoms with Crippen molar-refractivity contribution in [2.75, 3.05) is 12.9 Å². The first-order valence-electron chi connectivity index (χ1n) is 6.16. The minimum absolute atomic E-state index is 0.0691. The van der Waals surface area contributed by atoms with Crippen LogP contribution < -0.4 is 5.32 Å². The number of esters is 1. The first-order valence-corrected chi connectivity index (χ1v) is 7.39. The van der Waals surface area contributed by atoms with Gasteiger partial charge in [0.1, 0.15) is 12.7 Å². The summed E-state index contributed by atoms with van der Waals surface area (Å²) in [5, 5.41) is 12.9. The molecule has 0 aromatic heterocycles. The third kappa shape index (κ3) is 5.22.